The lowest BCUT2D eigenvalue weighted by atomic mass is 10.2. The van der Waals surface area contributed by atoms with E-state index < -0.39 is 16.8 Å². The molecule has 0 aromatic heterocycles. The molecule has 0 spiro atoms. The van der Waals surface area contributed by atoms with Gasteiger partial charge < -0.3 is 4.74 Å². The maximum absolute atomic E-state index is 12.6. The lowest BCUT2D eigenvalue weighted by molar-refractivity contribution is -0.138. The number of rotatable bonds is 7. The number of hydrogen-bond donors (Lipinski definition) is 0. The van der Waals surface area contributed by atoms with Gasteiger partial charge in [0.1, 0.15) is 0 Å². The minimum atomic E-state index is -1.29. The zero-order valence-electron chi connectivity index (χ0n) is 12.8. The number of esters is 1. The first-order valence-corrected chi connectivity index (χ1v) is 8.35. The SMILES string of the molecule is CCCCC(=C=C(C)C(=O)OCC)S(=O)c1ccccc1. The summed E-state index contributed by atoms with van der Waals surface area (Å²) in [6.45, 7) is 5.80. The molecule has 0 saturated heterocycles. The third-order valence-electron chi connectivity index (χ3n) is 2.85. The van der Waals surface area contributed by atoms with Crippen molar-refractivity contribution in [2.45, 2.75) is 44.9 Å². The number of carbonyl (C=O) groups is 1. The van der Waals surface area contributed by atoms with Gasteiger partial charge in [0.05, 0.1) is 27.9 Å². The molecule has 0 N–H and O–H groups in total. The fourth-order valence-electron chi connectivity index (χ4n) is 1.72. The molecule has 0 fully saturated rings. The predicted octanol–water partition coefficient (Wildman–Crippen LogP) is 3.98. The van der Waals surface area contributed by atoms with Crippen LogP contribution in [-0.4, -0.2) is 16.8 Å². The maximum atomic E-state index is 12.6. The first-order valence-electron chi connectivity index (χ1n) is 7.20. The van der Waals surface area contributed by atoms with Crippen molar-refractivity contribution < 1.29 is 13.7 Å². The lowest BCUT2D eigenvalue weighted by Gasteiger charge is -2.05. The van der Waals surface area contributed by atoms with Gasteiger partial charge in [0.15, 0.2) is 0 Å². The summed E-state index contributed by atoms with van der Waals surface area (Å²) in [5.41, 5.74) is 3.36. The third kappa shape index (κ3) is 5.70. The van der Waals surface area contributed by atoms with E-state index in [1.807, 2.05) is 30.3 Å². The van der Waals surface area contributed by atoms with Gasteiger partial charge in [-0.1, -0.05) is 37.3 Å². The maximum Gasteiger partial charge on any atom is 0.341 e. The van der Waals surface area contributed by atoms with Gasteiger partial charge in [0.25, 0.3) is 0 Å². The molecule has 0 saturated carbocycles. The van der Waals surface area contributed by atoms with E-state index >= 15 is 0 Å². The first kappa shape index (κ1) is 17.4. The van der Waals surface area contributed by atoms with Crippen molar-refractivity contribution in [1.29, 1.82) is 0 Å². The summed E-state index contributed by atoms with van der Waals surface area (Å²) >= 11 is 0. The van der Waals surface area contributed by atoms with E-state index in [-0.39, 0.29) is 0 Å². The summed E-state index contributed by atoms with van der Waals surface area (Å²) in [6, 6.07) is 9.24. The molecule has 21 heavy (non-hydrogen) atoms. The minimum Gasteiger partial charge on any atom is -0.462 e. The molecule has 114 valence electrons. The van der Waals surface area contributed by atoms with Crippen molar-refractivity contribution in [2.24, 2.45) is 0 Å². The zero-order chi connectivity index (χ0) is 15.7. The Kier molecular flexibility index (Phi) is 7.73. The van der Waals surface area contributed by atoms with Crippen LogP contribution in [0.2, 0.25) is 0 Å². The zero-order valence-corrected chi connectivity index (χ0v) is 13.7. The largest absolute Gasteiger partial charge is 0.462 e. The van der Waals surface area contributed by atoms with Crippen LogP contribution in [0, 0.1) is 0 Å². The summed E-state index contributed by atoms with van der Waals surface area (Å²) in [5.74, 6) is -0.406. The average Bonchev–Trinajstić information content (AvgIpc) is 2.51. The average molecular weight is 306 g/mol. The number of ether oxygens (including phenoxy) is 1. The summed E-state index contributed by atoms with van der Waals surface area (Å²) < 4.78 is 17.6. The van der Waals surface area contributed by atoms with E-state index in [0.717, 1.165) is 17.7 Å². The van der Waals surface area contributed by atoms with Gasteiger partial charge in [0, 0.05) is 4.90 Å². The predicted molar refractivity (Wildman–Crippen MR) is 85.2 cm³/mol. The van der Waals surface area contributed by atoms with Crippen LogP contribution in [0.1, 0.15) is 40.0 Å². The Balaban J connectivity index is 3.13. The minimum absolute atomic E-state index is 0.323. The Morgan fingerprint density at radius 3 is 2.48 bits per heavy atom. The highest BCUT2D eigenvalue weighted by Crippen LogP contribution is 2.19. The van der Waals surface area contributed by atoms with Crippen molar-refractivity contribution in [3.8, 4) is 0 Å². The van der Waals surface area contributed by atoms with Crippen molar-refractivity contribution in [3.63, 3.8) is 0 Å². The topological polar surface area (TPSA) is 43.4 Å². The fraction of sp³-hybridized carbons (Fsp3) is 0.412. The van der Waals surface area contributed by atoms with Gasteiger partial charge in [-0.25, -0.2) is 9.00 Å². The summed E-state index contributed by atoms with van der Waals surface area (Å²) in [6.07, 6.45) is 2.57. The molecule has 1 unspecified atom stereocenters. The van der Waals surface area contributed by atoms with Crippen molar-refractivity contribution in [1.82, 2.24) is 0 Å². The molecule has 1 rings (SSSR count). The van der Waals surface area contributed by atoms with Gasteiger partial charge in [0.2, 0.25) is 0 Å². The fourth-order valence-corrected chi connectivity index (χ4v) is 2.99. The standard InChI is InChI=1S/C17H22O3S/c1-4-6-10-16(13-14(3)17(18)20-5-2)21(19)15-11-8-7-9-12-15/h7-9,11-12H,4-6,10H2,1-3H3. The van der Waals surface area contributed by atoms with Gasteiger partial charge in [-0.05, 0) is 38.8 Å². The molecule has 0 aliphatic carbocycles. The van der Waals surface area contributed by atoms with Crippen LogP contribution < -0.4 is 0 Å². The van der Waals surface area contributed by atoms with Crippen molar-refractivity contribution in [3.05, 3.63) is 46.5 Å². The Bertz CT molecular complexity index is 555. The second-order valence-corrected chi connectivity index (χ2v) is 6.08. The molecule has 0 bridgehead atoms. The number of benzene rings is 1. The molecule has 1 aromatic rings. The third-order valence-corrected chi connectivity index (χ3v) is 4.30. The van der Waals surface area contributed by atoms with Crippen LogP contribution in [0.4, 0.5) is 0 Å². The molecule has 0 amide bonds. The molecule has 0 aliphatic heterocycles. The van der Waals surface area contributed by atoms with Gasteiger partial charge in [-0.15, -0.1) is 0 Å². The van der Waals surface area contributed by atoms with E-state index in [0.29, 0.717) is 23.5 Å². The van der Waals surface area contributed by atoms with Crippen LogP contribution in [0.3, 0.4) is 0 Å². The van der Waals surface area contributed by atoms with Crippen molar-refractivity contribution >= 4 is 16.8 Å². The monoisotopic (exact) mass is 306 g/mol. The van der Waals surface area contributed by atoms with Crippen molar-refractivity contribution in [2.75, 3.05) is 6.61 Å². The quantitative estimate of drug-likeness (QED) is 0.435. The summed E-state index contributed by atoms with van der Waals surface area (Å²) in [4.78, 5) is 13.1. The molecule has 0 heterocycles. The highest BCUT2D eigenvalue weighted by molar-refractivity contribution is 7.89. The molecule has 0 radical (unpaired) electrons. The van der Waals surface area contributed by atoms with E-state index in [9.17, 15) is 9.00 Å². The molecule has 1 atom stereocenters. The molecular weight excluding hydrogens is 284 g/mol. The second-order valence-electron chi connectivity index (χ2n) is 4.58. The Morgan fingerprint density at radius 2 is 1.90 bits per heavy atom. The van der Waals surface area contributed by atoms with E-state index in [4.69, 9.17) is 4.74 Å². The Hall–Kier alpha value is -1.64. The first-order chi connectivity index (χ1) is 10.1. The van der Waals surface area contributed by atoms with Crippen LogP contribution >= 0.6 is 0 Å². The van der Waals surface area contributed by atoms with Crippen LogP contribution in [0.5, 0.6) is 0 Å². The Morgan fingerprint density at radius 1 is 1.24 bits per heavy atom. The highest BCUT2D eigenvalue weighted by atomic mass is 32.2. The number of carbonyl (C=O) groups excluding carboxylic acids is 1. The van der Waals surface area contributed by atoms with Crippen LogP contribution in [0.15, 0.2) is 51.4 Å². The van der Waals surface area contributed by atoms with Gasteiger partial charge in [-0.2, -0.15) is 0 Å². The molecule has 1 aromatic carbocycles. The summed E-state index contributed by atoms with van der Waals surface area (Å²) in [7, 11) is -1.29. The normalized spacial score (nSPS) is 11.4. The van der Waals surface area contributed by atoms with Gasteiger partial charge >= 0.3 is 5.97 Å². The summed E-state index contributed by atoms with van der Waals surface area (Å²) in [5, 5.41) is 0. The highest BCUT2D eigenvalue weighted by Gasteiger charge is 2.11. The number of unbranched alkanes of at least 4 members (excludes halogenated alkanes) is 1. The smallest absolute Gasteiger partial charge is 0.341 e. The van der Waals surface area contributed by atoms with Crippen LogP contribution in [0.25, 0.3) is 0 Å². The molecular formula is C17H22O3S. The van der Waals surface area contributed by atoms with E-state index in [1.165, 1.54) is 0 Å². The van der Waals surface area contributed by atoms with Crippen LogP contribution in [-0.2, 0) is 20.3 Å². The van der Waals surface area contributed by atoms with E-state index in [1.54, 1.807) is 13.8 Å². The van der Waals surface area contributed by atoms with Gasteiger partial charge in [-0.3, -0.25) is 0 Å². The lowest BCUT2D eigenvalue weighted by Crippen LogP contribution is -2.05. The molecule has 4 heteroatoms. The number of hydrogen-bond acceptors (Lipinski definition) is 3. The molecule has 0 aliphatic rings. The van der Waals surface area contributed by atoms with E-state index in [2.05, 4.69) is 12.7 Å². The Labute approximate surface area is 129 Å². The second kappa shape index (κ2) is 9.32. The molecule has 3 nitrogen and oxygen atoms in total.